The van der Waals surface area contributed by atoms with E-state index in [0.717, 1.165) is 19.5 Å². The topological polar surface area (TPSA) is 44.1 Å². The van der Waals surface area contributed by atoms with Crippen molar-refractivity contribution in [3.8, 4) is 6.07 Å². The zero-order valence-electron chi connectivity index (χ0n) is 9.21. The molecule has 1 saturated heterocycles. The molecule has 1 aliphatic heterocycles. The molecular weight excluding hydrogens is 176 g/mol. The third-order valence-electron chi connectivity index (χ3n) is 3.49. The standard InChI is InChI=1S/C11H18N2O/c1-9(2)11(4-6-12)5-7-13(8-11)10(3)14/h9H,4-5,7-8H2,1-3H3. The summed E-state index contributed by atoms with van der Waals surface area (Å²) in [7, 11) is 0. The summed E-state index contributed by atoms with van der Waals surface area (Å²) in [5, 5.41) is 8.81. The van der Waals surface area contributed by atoms with Crippen molar-refractivity contribution in [2.45, 2.75) is 33.6 Å². The van der Waals surface area contributed by atoms with Crippen LogP contribution in [0.25, 0.3) is 0 Å². The summed E-state index contributed by atoms with van der Waals surface area (Å²) in [6.45, 7) is 7.45. The normalized spacial score (nSPS) is 26.6. The number of amides is 1. The molecule has 0 saturated carbocycles. The van der Waals surface area contributed by atoms with Crippen molar-refractivity contribution in [3.63, 3.8) is 0 Å². The summed E-state index contributed by atoms with van der Waals surface area (Å²) in [5.74, 6) is 0.594. The average molecular weight is 194 g/mol. The molecule has 3 heteroatoms. The zero-order chi connectivity index (χ0) is 10.8. The van der Waals surface area contributed by atoms with Crippen LogP contribution in [0.3, 0.4) is 0 Å². The Morgan fingerprint density at radius 2 is 2.29 bits per heavy atom. The minimum absolute atomic E-state index is 0.0421. The van der Waals surface area contributed by atoms with Crippen molar-refractivity contribution >= 4 is 5.91 Å². The van der Waals surface area contributed by atoms with Gasteiger partial charge in [0, 0.05) is 31.8 Å². The Morgan fingerprint density at radius 1 is 1.64 bits per heavy atom. The van der Waals surface area contributed by atoms with Gasteiger partial charge in [-0.1, -0.05) is 13.8 Å². The van der Waals surface area contributed by atoms with E-state index in [1.54, 1.807) is 6.92 Å². The SMILES string of the molecule is CC(=O)N1CCC(CC#N)(C(C)C)C1. The van der Waals surface area contributed by atoms with Crippen LogP contribution in [0.2, 0.25) is 0 Å². The number of hydrogen-bond donors (Lipinski definition) is 0. The number of nitrogens with zero attached hydrogens (tertiary/aromatic N) is 2. The van der Waals surface area contributed by atoms with Gasteiger partial charge in [-0.2, -0.15) is 5.26 Å². The highest BCUT2D eigenvalue weighted by Crippen LogP contribution is 2.40. The van der Waals surface area contributed by atoms with Crippen LogP contribution >= 0.6 is 0 Å². The molecule has 1 fully saturated rings. The van der Waals surface area contributed by atoms with Gasteiger partial charge in [0.25, 0.3) is 0 Å². The zero-order valence-corrected chi connectivity index (χ0v) is 9.21. The lowest BCUT2D eigenvalue weighted by Crippen LogP contribution is -2.33. The number of carbonyl (C=O) groups is 1. The molecule has 0 bridgehead atoms. The molecular formula is C11H18N2O. The molecule has 0 aliphatic carbocycles. The maximum Gasteiger partial charge on any atom is 0.219 e. The Bertz CT molecular complexity index is 267. The van der Waals surface area contributed by atoms with E-state index in [0.29, 0.717) is 12.3 Å². The Labute approximate surface area is 85.7 Å². The van der Waals surface area contributed by atoms with Crippen LogP contribution in [0.5, 0.6) is 0 Å². The highest BCUT2D eigenvalue weighted by atomic mass is 16.2. The molecule has 0 radical (unpaired) electrons. The summed E-state index contributed by atoms with van der Waals surface area (Å²) < 4.78 is 0. The van der Waals surface area contributed by atoms with Gasteiger partial charge in [-0.05, 0) is 12.3 Å². The fraction of sp³-hybridized carbons (Fsp3) is 0.818. The first kappa shape index (κ1) is 11.0. The van der Waals surface area contributed by atoms with Crippen LogP contribution in [-0.2, 0) is 4.79 Å². The molecule has 3 nitrogen and oxygen atoms in total. The lowest BCUT2D eigenvalue weighted by Gasteiger charge is -2.30. The minimum Gasteiger partial charge on any atom is -0.342 e. The Morgan fingerprint density at radius 3 is 2.64 bits per heavy atom. The van der Waals surface area contributed by atoms with E-state index in [1.807, 2.05) is 4.90 Å². The lowest BCUT2D eigenvalue weighted by molar-refractivity contribution is -0.128. The predicted molar refractivity (Wildman–Crippen MR) is 54.4 cm³/mol. The van der Waals surface area contributed by atoms with E-state index in [2.05, 4.69) is 19.9 Å². The smallest absolute Gasteiger partial charge is 0.219 e. The highest BCUT2D eigenvalue weighted by Gasteiger charge is 2.41. The third kappa shape index (κ3) is 1.89. The van der Waals surface area contributed by atoms with E-state index in [1.165, 1.54) is 0 Å². The van der Waals surface area contributed by atoms with Crippen molar-refractivity contribution in [2.24, 2.45) is 11.3 Å². The van der Waals surface area contributed by atoms with Gasteiger partial charge in [-0.3, -0.25) is 4.79 Å². The predicted octanol–water partition coefficient (Wildman–Crippen LogP) is 1.79. The molecule has 78 valence electrons. The molecule has 1 rings (SSSR count). The van der Waals surface area contributed by atoms with E-state index >= 15 is 0 Å². The van der Waals surface area contributed by atoms with Gasteiger partial charge in [0.15, 0.2) is 0 Å². The van der Waals surface area contributed by atoms with Crippen LogP contribution in [0, 0.1) is 22.7 Å². The van der Waals surface area contributed by atoms with E-state index < -0.39 is 0 Å². The second-order valence-corrected chi connectivity index (χ2v) is 4.54. The van der Waals surface area contributed by atoms with Crippen LogP contribution < -0.4 is 0 Å². The van der Waals surface area contributed by atoms with Crippen molar-refractivity contribution in [1.29, 1.82) is 5.26 Å². The van der Waals surface area contributed by atoms with Crippen molar-refractivity contribution in [1.82, 2.24) is 4.90 Å². The molecule has 1 amide bonds. The summed E-state index contributed by atoms with van der Waals surface area (Å²) in [6.07, 6.45) is 1.53. The van der Waals surface area contributed by atoms with E-state index in [9.17, 15) is 4.79 Å². The Balaban J connectivity index is 2.75. The number of likely N-dealkylation sites (tertiary alicyclic amines) is 1. The number of rotatable bonds is 2. The maximum atomic E-state index is 11.2. The Kier molecular flexibility index (Phi) is 3.15. The summed E-state index contributed by atoms with van der Waals surface area (Å²) >= 11 is 0. The van der Waals surface area contributed by atoms with Gasteiger partial charge in [0.2, 0.25) is 5.91 Å². The first-order valence-corrected chi connectivity index (χ1v) is 5.14. The van der Waals surface area contributed by atoms with E-state index in [-0.39, 0.29) is 11.3 Å². The van der Waals surface area contributed by atoms with Gasteiger partial charge in [0.05, 0.1) is 6.07 Å². The molecule has 14 heavy (non-hydrogen) atoms. The number of carbonyl (C=O) groups excluding carboxylic acids is 1. The summed E-state index contributed by atoms with van der Waals surface area (Å²) in [6, 6.07) is 2.25. The fourth-order valence-electron chi connectivity index (χ4n) is 2.14. The first-order chi connectivity index (χ1) is 6.52. The second-order valence-electron chi connectivity index (χ2n) is 4.54. The first-order valence-electron chi connectivity index (χ1n) is 5.14. The minimum atomic E-state index is 0.0421. The summed E-state index contributed by atoms with van der Waals surface area (Å²) in [4.78, 5) is 13.1. The van der Waals surface area contributed by atoms with Gasteiger partial charge < -0.3 is 4.90 Å². The van der Waals surface area contributed by atoms with Crippen molar-refractivity contribution in [2.75, 3.05) is 13.1 Å². The van der Waals surface area contributed by atoms with Gasteiger partial charge in [0.1, 0.15) is 0 Å². The van der Waals surface area contributed by atoms with Crippen molar-refractivity contribution in [3.05, 3.63) is 0 Å². The number of nitriles is 1. The summed E-state index contributed by atoms with van der Waals surface area (Å²) in [5.41, 5.74) is 0.0421. The average Bonchev–Trinajstić information content (AvgIpc) is 2.50. The molecule has 0 aromatic rings. The molecule has 0 spiro atoms. The second kappa shape index (κ2) is 4.00. The molecule has 1 aliphatic rings. The van der Waals surface area contributed by atoms with Gasteiger partial charge in [-0.15, -0.1) is 0 Å². The van der Waals surface area contributed by atoms with Crippen molar-refractivity contribution < 1.29 is 4.79 Å². The van der Waals surface area contributed by atoms with Gasteiger partial charge in [-0.25, -0.2) is 0 Å². The van der Waals surface area contributed by atoms with Crippen LogP contribution in [0.4, 0.5) is 0 Å². The molecule has 0 aromatic heterocycles. The maximum absolute atomic E-state index is 11.2. The molecule has 1 atom stereocenters. The van der Waals surface area contributed by atoms with Crippen LogP contribution in [0.1, 0.15) is 33.6 Å². The largest absolute Gasteiger partial charge is 0.342 e. The highest BCUT2D eigenvalue weighted by molar-refractivity contribution is 5.73. The molecule has 0 aromatic carbocycles. The fourth-order valence-corrected chi connectivity index (χ4v) is 2.14. The van der Waals surface area contributed by atoms with Crippen LogP contribution in [0.15, 0.2) is 0 Å². The van der Waals surface area contributed by atoms with E-state index in [4.69, 9.17) is 5.26 Å². The molecule has 1 heterocycles. The Hall–Kier alpha value is -1.04. The monoisotopic (exact) mass is 194 g/mol. The van der Waals surface area contributed by atoms with Gasteiger partial charge >= 0.3 is 0 Å². The lowest BCUT2D eigenvalue weighted by atomic mass is 9.74. The number of hydrogen-bond acceptors (Lipinski definition) is 2. The third-order valence-corrected chi connectivity index (χ3v) is 3.49. The molecule has 1 unspecified atom stereocenters. The quantitative estimate of drug-likeness (QED) is 0.672. The van der Waals surface area contributed by atoms with Crippen LogP contribution in [-0.4, -0.2) is 23.9 Å². The molecule has 0 N–H and O–H groups in total.